The maximum Gasteiger partial charge on any atom is 0.410 e. The average molecular weight is 363 g/mol. The summed E-state index contributed by atoms with van der Waals surface area (Å²) in [4.78, 5) is 25.2. The van der Waals surface area contributed by atoms with Crippen LogP contribution in [0.15, 0.2) is 24.3 Å². The number of rotatable bonds is 5. The molecular weight excluding hydrogens is 334 g/mol. The second-order valence-electron chi connectivity index (χ2n) is 7.52. The molecule has 0 unspecified atom stereocenters. The molecule has 1 aromatic rings. The van der Waals surface area contributed by atoms with E-state index in [4.69, 9.17) is 14.2 Å². The molecule has 2 rings (SSSR count). The Balaban J connectivity index is 1.77. The summed E-state index contributed by atoms with van der Waals surface area (Å²) in [5, 5.41) is 0. The molecule has 1 saturated heterocycles. The summed E-state index contributed by atoms with van der Waals surface area (Å²) >= 11 is 0. The number of hydrogen-bond acceptors (Lipinski definition) is 5. The number of amides is 1. The van der Waals surface area contributed by atoms with E-state index in [1.807, 2.05) is 26.8 Å². The Labute approximate surface area is 155 Å². The molecule has 0 saturated carbocycles. The highest BCUT2D eigenvalue weighted by Gasteiger charge is 2.27. The molecular formula is C20H29NO5. The molecule has 0 aliphatic carbocycles. The van der Waals surface area contributed by atoms with Crippen LogP contribution in [0.4, 0.5) is 4.79 Å². The van der Waals surface area contributed by atoms with E-state index >= 15 is 0 Å². The normalized spacial score (nSPS) is 15.5. The van der Waals surface area contributed by atoms with Gasteiger partial charge in [-0.05, 0) is 51.7 Å². The molecule has 1 heterocycles. The zero-order valence-electron chi connectivity index (χ0n) is 16.1. The summed E-state index contributed by atoms with van der Waals surface area (Å²) in [6.45, 7) is 9.31. The quantitative estimate of drug-likeness (QED) is 0.584. The van der Waals surface area contributed by atoms with Crippen LogP contribution in [-0.4, -0.2) is 42.3 Å². The molecule has 0 atom stereocenters. The highest BCUT2D eigenvalue weighted by atomic mass is 16.6. The number of carbonyl (C=O) groups is 2. The van der Waals surface area contributed by atoms with E-state index in [9.17, 15) is 9.59 Å². The lowest BCUT2D eigenvalue weighted by atomic mass is 9.98. The van der Waals surface area contributed by atoms with Crippen LogP contribution >= 0.6 is 0 Å². The first kappa shape index (κ1) is 20.1. The van der Waals surface area contributed by atoms with Gasteiger partial charge in [-0.1, -0.05) is 13.0 Å². The van der Waals surface area contributed by atoms with Gasteiger partial charge in [-0.25, -0.2) is 4.79 Å². The molecule has 6 heteroatoms. The van der Waals surface area contributed by atoms with Crippen LogP contribution in [0.2, 0.25) is 0 Å². The van der Waals surface area contributed by atoms with Gasteiger partial charge in [0.15, 0.2) is 0 Å². The van der Waals surface area contributed by atoms with Crippen LogP contribution in [0.1, 0.15) is 47.0 Å². The van der Waals surface area contributed by atoms with Gasteiger partial charge in [-0.3, -0.25) is 4.79 Å². The molecule has 0 N–H and O–H groups in total. The van der Waals surface area contributed by atoms with Gasteiger partial charge in [0.2, 0.25) is 0 Å². The Kier molecular flexibility index (Phi) is 6.89. The Morgan fingerprint density at radius 1 is 1.15 bits per heavy atom. The summed E-state index contributed by atoms with van der Waals surface area (Å²) in [5.74, 6) is 1.29. The number of piperidine rings is 1. The molecule has 0 aromatic heterocycles. The lowest BCUT2D eigenvalue weighted by Crippen LogP contribution is -2.42. The average Bonchev–Trinajstić information content (AvgIpc) is 2.59. The van der Waals surface area contributed by atoms with Crippen LogP contribution in [0, 0.1) is 5.92 Å². The van der Waals surface area contributed by atoms with Gasteiger partial charge < -0.3 is 19.1 Å². The van der Waals surface area contributed by atoms with Crippen LogP contribution in [0.25, 0.3) is 0 Å². The molecule has 1 aliphatic rings. The third-order valence-electron chi connectivity index (χ3n) is 4.08. The van der Waals surface area contributed by atoms with Crippen molar-refractivity contribution in [2.45, 2.75) is 52.6 Å². The van der Waals surface area contributed by atoms with Gasteiger partial charge in [-0.2, -0.15) is 0 Å². The van der Waals surface area contributed by atoms with Crippen LogP contribution in [-0.2, 0) is 9.53 Å². The van der Waals surface area contributed by atoms with Gasteiger partial charge in [0.05, 0.1) is 6.61 Å². The smallest absolute Gasteiger partial charge is 0.410 e. The highest BCUT2D eigenvalue weighted by molar-refractivity contribution is 5.72. The molecule has 1 fully saturated rings. The zero-order valence-corrected chi connectivity index (χ0v) is 16.1. The van der Waals surface area contributed by atoms with Crippen molar-refractivity contribution in [2.75, 3.05) is 19.7 Å². The van der Waals surface area contributed by atoms with E-state index in [0.717, 1.165) is 12.8 Å². The number of likely N-dealkylation sites (tertiary alicyclic amines) is 1. The minimum absolute atomic E-state index is 0.248. The summed E-state index contributed by atoms with van der Waals surface area (Å²) in [5.41, 5.74) is -0.469. The largest absolute Gasteiger partial charge is 0.493 e. The van der Waals surface area contributed by atoms with Crippen molar-refractivity contribution in [3.8, 4) is 11.5 Å². The Hall–Kier alpha value is -2.24. The fourth-order valence-electron chi connectivity index (χ4n) is 2.65. The number of esters is 1. The van der Waals surface area contributed by atoms with E-state index in [2.05, 4.69) is 0 Å². The van der Waals surface area contributed by atoms with E-state index in [1.165, 1.54) is 0 Å². The summed E-state index contributed by atoms with van der Waals surface area (Å²) in [6, 6.07) is 7.11. The van der Waals surface area contributed by atoms with Gasteiger partial charge in [0, 0.05) is 25.6 Å². The Morgan fingerprint density at radius 3 is 2.42 bits per heavy atom. The molecule has 0 bridgehead atoms. The number of carbonyl (C=O) groups excluding carboxylic acids is 2. The topological polar surface area (TPSA) is 65.1 Å². The molecule has 6 nitrogen and oxygen atoms in total. The number of ether oxygens (including phenoxy) is 3. The SMILES string of the molecule is CCC(=O)Oc1cccc(OCC2CCN(C(=O)OC(C)(C)C)CC2)c1. The first-order chi connectivity index (χ1) is 12.3. The number of hydrogen-bond donors (Lipinski definition) is 0. The third-order valence-corrected chi connectivity index (χ3v) is 4.08. The van der Waals surface area contributed by atoms with Crippen molar-refractivity contribution >= 4 is 12.1 Å². The predicted octanol–water partition coefficient (Wildman–Crippen LogP) is 4.03. The molecule has 1 aromatic carbocycles. The van der Waals surface area contributed by atoms with Crippen molar-refractivity contribution in [1.82, 2.24) is 4.90 Å². The van der Waals surface area contributed by atoms with E-state index < -0.39 is 5.60 Å². The van der Waals surface area contributed by atoms with Gasteiger partial charge in [0.1, 0.15) is 17.1 Å². The van der Waals surface area contributed by atoms with Crippen LogP contribution < -0.4 is 9.47 Å². The minimum Gasteiger partial charge on any atom is -0.493 e. The fourth-order valence-corrected chi connectivity index (χ4v) is 2.65. The summed E-state index contributed by atoms with van der Waals surface area (Å²) < 4.78 is 16.5. The standard InChI is InChI=1S/C20H29NO5/c1-5-18(22)25-17-8-6-7-16(13-17)24-14-15-9-11-21(12-10-15)19(23)26-20(2,3)4/h6-8,13,15H,5,9-12,14H2,1-4H3. The number of benzene rings is 1. The molecule has 1 amide bonds. The second-order valence-corrected chi connectivity index (χ2v) is 7.52. The van der Waals surface area contributed by atoms with Crippen molar-refractivity contribution in [2.24, 2.45) is 5.92 Å². The Bertz CT molecular complexity index is 615. The summed E-state index contributed by atoms with van der Waals surface area (Å²) in [7, 11) is 0. The van der Waals surface area contributed by atoms with Gasteiger partial charge in [-0.15, -0.1) is 0 Å². The minimum atomic E-state index is -0.469. The fraction of sp³-hybridized carbons (Fsp3) is 0.600. The molecule has 0 radical (unpaired) electrons. The van der Waals surface area contributed by atoms with Crippen molar-refractivity contribution in [3.05, 3.63) is 24.3 Å². The maximum atomic E-state index is 12.1. The van der Waals surface area contributed by atoms with Crippen LogP contribution in [0.3, 0.4) is 0 Å². The predicted molar refractivity (Wildman–Crippen MR) is 98.4 cm³/mol. The second kappa shape index (κ2) is 8.92. The molecule has 1 aliphatic heterocycles. The van der Waals surface area contributed by atoms with Gasteiger partial charge >= 0.3 is 12.1 Å². The van der Waals surface area contributed by atoms with E-state index in [0.29, 0.717) is 43.5 Å². The summed E-state index contributed by atoms with van der Waals surface area (Å²) in [6.07, 6.45) is 1.84. The maximum absolute atomic E-state index is 12.1. The number of nitrogens with zero attached hydrogens (tertiary/aromatic N) is 1. The van der Waals surface area contributed by atoms with Crippen molar-refractivity contribution in [3.63, 3.8) is 0 Å². The third kappa shape index (κ3) is 6.58. The lowest BCUT2D eigenvalue weighted by Gasteiger charge is -2.33. The first-order valence-corrected chi connectivity index (χ1v) is 9.18. The van der Waals surface area contributed by atoms with Crippen molar-refractivity contribution in [1.29, 1.82) is 0 Å². The van der Waals surface area contributed by atoms with Crippen molar-refractivity contribution < 1.29 is 23.8 Å². The lowest BCUT2D eigenvalue weighted by molar-refractivity contribution is -0.134. The molecule has 144 valence electrons. The van der Waals surface area contributed by atoms with Gasteiger partial charge in [0.25, 0.3) is 0 Å². The zero-order chi connectivity index (χ0) is 19.2. The van der Waals surface area contributed by atoms with E-state index in [1.54, 1.807) is 30.0 Å². The van der Waals surface area contributed by atoms with Crippen LogP contribution in [0.5, 0.6) is 11.5 Å². The monoisotopic (exact) mass is 363 g/mol. The van der Waals surface area contributed by atoms with E-state index in [-0.39, 0.29) is 12.1 Å². The highest BCUT2D eigenvalue weighted by Crippen LogP contribution is 2.23. The Morgan fingerprint density at radius 2 is 1.81 bits per heavy atom. The molecule has 26 heavy (non-hydrogen) atoms. The first-order valence-electron chi connectivity index (χ1n) is 9.18. The molecule has 0 spiro atoms.